The molecule has 3 aromatic heterocycles. The van der Waals surface area contributed by atoms with Crippen LogP contribution in [0.1, 0.15) is 21.7 Å². The lowest BCUT2D eigenvalue weighted by Gasteiger charge is -2.12. The molecule has 0 atom stereocenters. The van der Waals surface area contributed by atoms with Crippen LogP contribution >= 0.6 is 0 Å². The van der Waals surface area contributed by atoms with Crippen LogP contribution in [-0.2, 0) is 6.18 Å². The highest BCUT2D eigenvalue weighted by Gasteiger charge is 2.41. The number of carbonyl (C=O) groups excluding carboxylic acids is 1. The smallest absolute Gasteiger partial charge is 0.434 e. The largest absolute Gasteiger partial charge is 0.480 e. The minimum Gasteiger partial charge on any atom is -0.480 e. The summed E-state index contributed by atoms with van der Waals surface area (Å²) in [7, 11) is 1.35. The number of rotatable bonds is 5. The Morgan fingerprint density at radius 1 is 1.06 bits per heavy atom. The van der Waals surface area contributed by atoms with Gasteiger partial charge in [0.15, 0.2) is 11.5 Å². The normalized spacial score (nSPS) is 11.4. The van der Waals surface area contributed by atoms with Gasteiger partial charge in [0.2, 0.25) is 5.88 Å². The van der Waals surface area contributed by atoms with E-state index in [-0.39, 0.29) is 11.7 Å². The summed E-state index contributed by atoms with van der Waals surface area (Å²) >= 11 is 0. The van der Waals surface area contributed by atoms with Gasteiger partial charge >= 0.3 is 6.18 Å². The van der Waals surface area contributed by atoms with Crippen LogP contribution in [0, 0.1) is 6.92 Å². The molecule has 32 heavy (non-hydrogen) atoms. The molecule has 1 N–H and O–H groups in total. The second kappa shape index (κ2) is 8.13. The number of benzene rings is 1. The Kier molecular flexibility index (Phi) is 5.34. The molecule has 1 amide bonds. The number of halogens is 3. The van der Waals surface area contributed by atoms with Crippen molar-refractivity contribution in [2.75, 3.05) is 12.4 Å². The van der Waals surface area contributed by atoms with Crippen LogP contribution in [0.15, 0.2) is 54.9 Å². The van der Waals surface area contributed by atoms with E-state index >= 15 is 0 Å². The Morgan fingerprint density at radius 3 is 2.50 bits per heavy atom. The lowest BCUT2D eigenvalue weighted by atomic mass is 10.2. The van der Waals surface area contributed by atoms with E-state index in [1.165, 1.54) is 19.2 Å². The zero-order chi connectivity index (χ0) is 22.9. The van der Waals surface area contributed by atoms with E-state index in [0.29, 0.717) is 16.1 Å². The lowest BCUT2D eigenvalue weighted by molar-refractivity contribution is -0.143. The van der Waals surface area contributed by atoms with E-state index in [0.717, 1.165) is 11.9 Å². The Labute approximate surface area is 179 Å². The highest BCUT2D eigenvalue weighted by Crippen LogP contribution is 2.33. The summed E-state index contributed by atoms with van der Waals surface area (Å²) in [6, 6.07) is 11.0. The Hall–Kier alpha value is -4.22. The van der Waals surface area contributed by atoms with Crippen molar-refractivity contribution in [3.05, 3.63) is 71.8 Å². The van der Waals surface area contributed by atoms with E-state index in [4.69, 9.17) is 4.74 Å². The molecule has 0 bridgehead atoms. The highest BCUT2D eigenvalue weighted by atomic mass is 19.4. The number of alkyl halides is 3. The van der Waals surface area contributed by atoms with Crippen molar-refractivity contribution in [3.63, 3.8) is 0 Å². The van der Waals surface area contributed by atoms with Crippen molar-refractivity contribution >= 4 is 11.6 Å². The van der Waals surface area contributed by atoms with Crippen LogP contribution in [0.4, 0.5) is 18.9 Å². The number of aryl methyl sites for hydroxylation is 1. The second-order valence-corrected chi connectivity index (χ2v) is 6.64. The van der Waals surface area contributed by atoms with E-state index < -0.39 is 23.3 Å². The number of nitrogens with zero attached hydrogens (tertiary/aromatic N) is 6. The van der Waals surface area contributed by atoms with Gasteiger partial charge in [-0.2, -0.15) is 23.4 Å². The van der Waals surface area contributed by atoms with Crippen molar-refractivity contribution in [2.45, 2.75) is 13.1 Å². The van der Waals surface area contributed by atoms with Gasteiger partial charge in [-0.15, -0.1) is 10.2 Å². The summed E-state index contributed by atoms with van der Waals surface area (Å²) in [4.78, 5) is 12.7. The Morgan fingerprint density at radius 2 is 1.88 bits per heavy atom. The quantitative estimate of drug-likeness (QED) is 0.507. The monoisotopic (exact) mass is 443 g/mol. The summed E-state index contributed by atoms with van der Waals surface area (Å²) in [5.41, 5.74) is -0.128. The van der Waals surface area contributed by atoms with Crippen molar-refractivity contribution in [1.29, 1.82) is 0 Å². The van der Waals surface area contributed by atoms with Crippen molar-refractivity contribution in [1.82, 2.24) is 29.8 Å². The minimum atomic E-state index is -4.88. The van der Waals surface area contributed by atoms with Crippen LogP contribution in [0.2, 0.25) is 0 Å². The van der Waals surface area contributed by atoms with Crippen LogP contribution in [-0.4, -0.2) is 42.8 Å². The fourth-order valence-electron chi connectivity index (χ4n) is 3.05. The number of amides is 1. The zero-order valence-corrected chi connectivity index (χ0v) is 16.8. The predicted molar refractivity (Wildman–Crippen MR) is 107 cm³/mol. The average molecular weight is 443 g/mol. The molecule has 164 valence electrons. The molecule has 12 heteroatoms. The molecular weight excluding hydrogens is 427 g/mol. The van der Waals surface area contributed by atoms with Crippen LogP contribution in [0.3, 0.4) is 0 Å². The van der Waals surface area contributed by atoms with Gasteiger partial charge in [0.05, 0.1) is 24.6 Å². The van der Waals surface area contributed by atoms with Crippen molar-refractivity contribution in [3.8, 4) is 17.4 Å². The first kappa shape index (κ1) is 21.0. The fourth-order valence-corrected chi connectivity index (χ4v) is 3.05. The molecule has 0 spiro atoms. The topological polar surface area (TPSA) is 99.8 Å². The van der Waals surface area contributed by atoms with E-state index in [9.17, 15) is 18.0 Å². The van der Waals surface area contributed by atoms with Crippen molar-refractivity contribution in [2.24, 2.45) is 0 Å². The molecule has 0 saturated heterocycles. The average Bonchev–Trinajstić information content (AvgIpc) is 3.40. The number of hydrogen-bond acceptors (Lipinski definition) is 6. The third kappa shape index (κ3) is 4.02. The number of anilines is 1. The third-order valence-corrected chi connectivity index (χ3v) is 4.52. The fraction of sp³-hybridized carbons (Fsp3) is 0.150. The molecule has 4 rings (SSSR count). The van der Waals surface area contributed by atoms with Crippen LogP contribution in [0.25, 0.3) is 11.5 Å². The maximum Gasteiger partial charge on any atom is 0.434 e. The molecule has 9 nitrogen and oxygen atoms in total. The third-order valence-electron chi connectivity index (χ3n) is 4.52. The molecule has 4 aromatic rings. The summed E-state index contributed by atoms with van der Waals surface area (Å²) in [6.07, 6.45) is -2.42. The van der Waals surface area contributed by atoms with Gasteiger partial charge < -0.3 is 10.1 Å². The molecule has 1 aromatic carbocycles. The first-order chi connectivity index (χ1) is 15.3. The van der Waals surface area contributed by atoms with Gasteiger partial charge in [0, 0.05) is 23.6 Å². The SMILES string of the molecule is COc1ccc(-n2ncc(C(=O)Nc3cccc(-n4nccc4C)c3)c2C(F)(F)F)nn1. The molecule has 0 unspecified atom stereocenters. The van der Waals surface area contributed by atoms with E-state index in [1.54, 1.807) is 41.2 Å². The highest BCUT2D eigenvalue weighted by molar-refractivity contribution is 6.05. The molecule has 0 saturated carbocycles. The maximum absolute atomic E-state index is 13.8. The number of hydrogen-bond donors (Lipinski definition) is 1. The van der Waals surface area contributed by atoms with E-state index in [2.05, 4.69) is 25.7 Å². The van der Waals surface area contributed by atoms with Gasteiger partial charge in [-0.25, -0.2) is 9.36 Å². The molecule has 0 aliphatic heterocycles. The minimum absolute atomic E-state index is 0.125. The summed E-state index contributed by atoms with van der Waals surface area (Å²) < 4.78 is 48.5. The Bertz CT molecular complexity index is 1260. The molecule has 0 radical (unpaired) electrons. The Balaban J connectivity index is 1.67. The number of aromatic nitrogens is 6. The first-order valence-corrected chi connectivity index (χ1v) is 9.23. The van der Waals surface area contributed by atoms with Gasteiger partial charge in [-0.05, 0) is 37.3 Å². The van der Waals surface area contributed by atoms with E-state index in [1.807, 2.05) is 6.92 Å². The molecule has 0 fully saturated rings. The first-order valence-electron chi connectivity index (χ1n) is 9.23. The molecule has 0 aliphatic carbocycles. The molecule has 0 aliphatic rings. The van der Waals surface area contributed by atoms with Crippen LogP contribution in [0.5, 0.6) is 5.88 Å². The number of carbonyl (C=O) groups is 1. The number of nitrogens with one attached hydrogen (secondary N) is 1. The lowest BCUT2D eigenvalue weighted by Crippen LogP contribution is -2.21. The van der Waals surface area contributed by atoms with Crippen molar-refractivity contribution < 1.29 is 22.7 Å². The zero-order valence-electron chi connectivity index (χ0n) is 16.8. The summed E-state index contributed by atoms with van der Waals surface area (Å²) in [6.45, 7) is 1.85. The number of methoxy groups -OCH3 is 1. The second-order valence-electron chi connectivity index (χ2n) is 6.64. The molecule has 3 heterocycles. The molecular formula is C20H16F3N7O2. The maximum atomic E-state index is 13.8. The summed E-state index contributed by atoms with van der Waals surface area (Å²) in [5.74, 6) is -1.06. The predicted octanol–water partition coefficient (Wildman–Crippen LogP) is 3.44. The van der Waals surface area contributed by atoms with Gasteiger partial charge in [-0.3, -0.25) is 4.79 Å². The van der Waals surface area contributed by atoms with Gasteiger partial charge in [0.25, 0.3) is 5.91 Å². The van der Waals surface area contributed by atoms with Gasteiger partial charge in [0.1, 0.15) is 0 Å². The van der Waals surface area contributed by atoms with Gasteiger partial charge in [-0.1, -0.05) is 6.07 Å². The standard InChI is InChI=1S/C20H16F3N7O2/c1-12-8-9-24-29(12)14-5-3-4-13(10-14)26-19(31)15-11-25-30(18(15)20(21,22)23)16-6-7-17(32-2)28-27-16/h3-11H,1-2H3,(H,26,31). The van der Waals surface area contributed by atoms with Crippen LogP contribution < -0.4 is 10.1 Å². The number of ether oxygens (including phenoxy) is 1. The summed E-state index contributed by atoms with van der Waals surface area (Å²) in [5, 5.41) is 17.7.